The number of amides is 2. The van der Waals surface area contributed by atoms with E-state index in [2.05, 4.69) is 29.6 Å². The molecule has 0 unspecified atom stereocenters. The van der Waals surface area contributed by atoms with Crippen LogP contribution in [-0.4, -0.2) is 64.4 Å². The topological polar surface area (TPSA) is 116 Å². The molecule has 3 N–H and O–H groups in total. The molecule has 3 aliphatic rings. The second-order valence-corrected chi connectivity index (χ2v) is 9.76. The fourth-order valence-electron chi connectivity index (χ4n) is 5.88. The normalized spacial score (nSPS) is 25.6. The molecule has 8 nitrogen and oxygen atoms in total. The van der Waals surface area contributed by atoms with E-state index in [0.29, 0.717) is 12.8 Å². The first-order chi connectivity index (χ1) is 16.9. The first-order valence-electron chi connectivity index (χ1n) is 12.2. The molecule has 0 radical (unpaired) electrons. The number of ether oxygens (including phenoxy) is 1. The Morgan fingerprint density at radius 1 is 0.971 bits per heavy atom. The number of carbonyl (C=O) groups is 3. The Labute approximate surface area is 203 Å². The zero-order valence-corrected chi connectivity index (χ0v) is 19.4. The Balaban J connectivity index is 1.18. The van der Waals surface area contributed by atoms with E-state index in [4.69, 9.17) is 4.74 Å². The van der Waals surface area contributed by atoms with Gasteiger partial charge in [0.25, 0.3) is 0 Å². The standard InChI is InChI=1S/C27H30N2O6/c30-18-13-24(26(32)33)29(14-18)25(31)16-6-5-7-17(12-16)28-27(34)35-15-23-21-10-3-1-8-19(21)20-9-2-4-11-22(20)23/h1-4,8-11,16-18,23-24,30H,5-7,12-15H2,(H,28,34)(H,32,33)/t16-,17+,18-,24+/m1/s1. The fourth-order valence-corrected chi connectivity index (χ4v) is 5.88. The van der Waals surface area contributed by atoms with Crippen molar-refractivity contribution >= 4 is 18.0 Å². The van der Waals surface area contributed by atoms with Gasteiger partial charge in [-0.1, -0.05) is 55.0 Å². The molecule has 2 aromatic carbocycles. The number of aliphatic hydroxyl groups excluding tert-OH is 1. The van der Waals surface area contributed by atoms with Crippen LogP contribution in [-0.2, 0) is 14.3 Å². The number of aliphatic hydroxyl groups is 1. The van der Waals surface area contributed by atoms with Crippen LogP contribution in [0.3, 0.4) is 0 Å². The third-order valence-corrected chi connectivity index (χ3v) is 7.54. The maximum atomic E-state index is 13.0. The molecule has 0 bridgehead atoms. The smallest absolute Gasteiger partial charge is 0.407 e. The number of β-amino-alcohol motifs (C(OH)–C–C–N with tert-alkyl or cyclic N) is 1. The molecular formula is C27H30N2O6. The molecule has 35 heavy (non-hydrogen) atoms. The summed E-state index contributed by atoms with van der Waals surface area (Å²) in [5.74, 6) is -1.76. The molecule has 1 saturated carbocycles. The summed E-state index contributed by atoms with van der Waals surface area (Å²) in [5, 5.41) is 22.2. The number of carboxylic acid groups (broad SMARTS) is 1. The number of benzene rings is 2. The average molecular weight is 479 g/mol. The molecule has 2 aliphatic carbocycles. The van der Waals surface area contributed by atoms with E-state index in [9.17, 15) is 24.6 Å². The van der Waals surface area contributed by atoms with Crippen molar-refractivity contribution in [3.8, 4) is 11.1 Å². The summed E-state index contributed by atoms with van der Waals surface area (Å²) in [7, 11) is 0. The fraction of sp³-hybridized carbons (Fsp3) is 0.444. The Kier molecular flexibility index (Phi) is 6.47. The van der Waals surface area contributed by atoms with Crippen LogP contribution < -0.4 is 5.32 Å². The number of rotatable bonds is 5. The number of likely N-dealkylation sites (tertiary alicyclic amines) is 1. The van der Waals surface area contributed by atoms with Crippen molar-refractivity contribution in [1.82, 2.24) is 10.2 Å². The SMILES string of the molecule is O=C(N[C@H]1CCC[C@@H](C(=O)N2C[C@H](O)C[C@H]2C(=O)O)C1)OCC1c2ccccc2-c2ccccc21. The number of aliphatic carboxylic acids is 1. The number of fused-ring (bicyclic) bond motifs is 3. The van der Waals surface area contributed by atoms with Crippen LogP contribution in [0.4, 0.5) is 4.79 Å². The van der Waals surface area contributed by atoms with Crippen molar-refractivity contribution < 1.29 is 29.3 Å². The van der Waals surface area contributed by atoms with Gasteiger partial charge in [0, 0.05) is 30.8 Å². The van der Waals surface area contributed by atoms with Gasteiger partial charge in [-0.05, 0) is 41.5 Å². The van der Waals surface area contributed by atoms with Crippen LogP contribution in [0.5, 0.6) is 0 Å². The van der Waals surface area contributed by atoms with Crippen molar-refractivity contribution in [1.29, 1.82) is 0 Å². The summed E-state index contributed by atoms with van der Waals surface area (Å²) in [6.07, 6.45) is 1.28. The molecule has 1 aliphatic heterocycles. The van der Waals surface area contributed by atoms with E-state index in [1.165, 1.54) is 4.90 Å². The number of hydrogen-bond donors (Lipinski definition) is 3. The van der Waals surface area contributed by atoms with E-state index in [-0.39, 0.29) is 43.4 Å². The largest absolute Gasteiger partial charge is 0.480 e. The van der Waals surface area contributed by atoms with Crippen molar-refractivity contribution in [2.45, 2.75) is 56.2 Å². The molecule has 1 saturated heterocycles. The Morgan fingerprint density at radius 2 is 1.63 bits per heavy atom. The lowest BCUT2D eigenvalue weighted by Crippen LogP contribution is -2.47. The highest BCUT2D eigenvalue weighted by Crippen LogP contribution is 2.44. The predicted molar refractivity (Wildman–Crippen MR) is 128 cm³/mol. The summed E-state index contributed by atoms with van der Waals surface area (Å²) in [4.78, 5) is 38.5. The Hall–Kier alpha value is -3.39. The molecule has 0 aromatic heterocycles. The van der Waals surface area contributed by atoms with Gasteiger partial charge in [-0.15, -0.1) is 0 Å². The summed E-state index contributed by atoms with van der Waals surface area (Å²) in [6, 6.07) is 15.1. The van der Waals surface area contributed by atoms with E-state index < -0.39 is 24.2 Å². The summed E-state index contributed by atoms with van der Waals surface area (Å²) in [5.41, 5.74) is 4.62. The second-order valence-electron chi connectivity index (χ2n) is 9.76. The molecule has 2 aromatic rings. The molecule has 184 valence electrons. The summed E-state index contributed by atoms with van der Waals surface area (Å²) < 4.78 is 5.64. The lowest BCUT2D eigenvalue weighted by Gasteiger charge is -2.32. The van der Waals surface area contributed by atoms with E-state index in [1.807, 2.05) is 24.3 Å². The summed E-state index contributed by atoms with van der Waals surface area (Å²) in [6.45, 7) is 0.262. The van der Waals surface area contributed by atoms with Crippen LogP contribution in [0, 0.1) is 5.92 Å². The maximum absolute atomic E-state index is 13.0. The zero-order chi connectivity index (χ0) is 24.5. The Bertz CT molecular complexity index is 1090. The lowest BCUT2D eigenvalue weighted by molar-refractivity contribution is -0.150. The molecule has 0 spiro atoms. The van der Waals surface area contributed by atoms with Crippen molar-refractivity contribution in [2.75, 3.05) is 13.2 Å². The maximum Gasteiger partial charge on any atom is 0.407 e. The average Bonchev–Trinajstić information content (AvgIpc) is 3.41. The highest BCUT2D eigenvalue weighted by atomic mass is 16.5. The van der Waals surface area contributed by atoms with Gasteiger partial charge < -0.3 is 25.2 Å². The van der Waals surface area contributed by atoms with Gasteiger partial charge in [0.2, 0.25) is 5.91 Å². The highest BCUT2D eigenvalue weighted by molar-refractivity contribution is 5.86. The molecule has 2 amide bonds. The van der Waals surface area contributed by atoms with Gasteiger partial charge in [0.15, 0.2) is 0 Å². The van der Waals surface area contributed by atoms with E-state index in [0.717, 1.165) is 35.1 Å². The molecule has 2 fully saturated rings. The van der Waals surface area contributed by atoms with Crippen LogP contribution >= 0.6 is 0 Å². The minimum Gasteiger partial charge on any atom is -0.480 e. The Morgan fingerprint density at radius 3 is 2.29 bits per heavy atom. The van der Waals surface area contributed by atoms with Crippen LogP contribution in [0.2, 0.25) is 0 Å². The molecule has 8 heteroatoms. The third-order valence-electron chi connectivity index (χ3n) is 7.54. The van der Waals surface area contributed by atoms with E-state index >= 15 is 0 Å². The van der Waals surface area contributed by atoms with Crippen LogP contribution in [0.1, 0.15) is 49.1 Å². The zero-order valence-electron chi connectivity index (χ0n) is 19.4. The van der Waals surface area contributed by atoms with Gasteiger partial charge in [-0.3, -0.25) is 4.79 Å². The number of hydrogen-bond acceptors (Lipinski definition) is 5. The molecule has 4 atom stereocenters. The molecular weight excluding hydrogens is 448 g/mol. The predicted octanol–water partition coefficient (Wildman–Crippen LogP) is 3.13. The minimum atomic E-state index is -1.10. The second kappa shape index (κ2) is 9.70. The number of alkyl carbamates (subject to hydrolysis) is 1. The summed E-state index contributed by atoms with van der Waals surface area (Å²) >= 11 is 0. The first-order valence-corrected chi connectivity index (χ1v) is 12.2. The third kappa shape index (κ3) is 4.62. The molecule has 5 rings (SSSR count). The monoisotopic (exact) mass is 478 g/mol. The van der Waals surface area contributed by atoms with Crippen molar-refractivity contribution in [2.24, 2.45) is 5.92 Å². The van der Waals surface area contributed by atoms with Gasteiger partial charge in [0.1, 0.15) is 12.6 Å². The number of nitrogens with one attached hydrogen (secondary N) is 1. The van der Waals surface area contributed by atoms with Gasteiger partial charge >= 0.3 is 12.1 Å². The van der Waals surface area contributed by atoms with E-state index in [1.54, 1.807) is 0 Å². The van der Waals surface area contributed by atoms with Crippen molar-refractivity contribution in [3.05, 3.63) is 59.7 Å². The number of nitrogens with zero attached hydrogens (tertiary/aromatic N) is 1. The van der Waals surface area contributed by atoms with Crippen LogP contribution in [0.25, 0.3) is 11.1 Å². The highest BCUT2D eigenvalue weighted by Gasteiger charge is 2.42. The van der Waals surface area contributed by atoms with Gasteiger partial charge in [-0.25, -0.2) is 9.59 Å². The van der Waals surface area contributed by atoms with Gasteiger partial charge in [0.05, 0.1) is 6.10 Å². The van der Waals surface area contributed by atoms with Crippen molar-refractivity contribution in [3.63, 3.8) is 0 Å². The quantitative estimate of drug-likeness (QED) is 0.608. The number of carboxylic acids is 1. The lowest BCUT2D eigenvalue weighted by atomic mass is 9.84. The number of carbonyl (C=O) groups excluding carboxylic acids is 2. The van der Waals surface area contributed by atoms with Gasteiger partial charge in [-0.2, -0.15) is 0 Å². The van der Waals surface area contributed by atoms with Crippen LogP contribution in [0.15, 0.2) is 48.5 Å². The first kappa shape index (κ1) is 23.4. The minimum absolute atomic E-state index is 0.0246. The molecule has 1 heterocycles.